The molecule has 2 aliphatic heterocycles. The first-order valence-corrected chi connectivity index (χ1v) is 8.31. The standard InChI is InChI=1S/C17H17N3OS/c1-11-10-20-16(12-5-4-6-13(21)9-12)15(19-17(20)22-11)14-7-2-3-8-18-14/h2-9,11,15-16,21H,10H2,1H3/t11-,15-,16-/m0/s1. The van der Waals surface area contributed by atoms with Crippen molar-refractivity contribution in [3.63, 3.8) is 0 Å². The largest absolute Gasteiger partial charge is 0.508 e. The summed E-state index contributed by atoms with van der Waals surface area (Å²) in [6.45, 7) is 3.20. The van der Waals surface area contributed by atoms with Crippen LogP contribution in [0.15, 0.2) is 53.7 Å². The summed E-state index contributed by atoms with van der Waals surface area (Å²) in [4.78, 5) is 11.8. The number of fused-ring (bicyclic) bond motifs is 1. The number of rotatable bonds is 2. The highest BCUT2D eigenvalue weighted by molar-refractivity contribution is 8.14. The quantitative estimate of drug-likeness (QED) is 0.924. The lowest BCUT2D eigenvalue weighted by Gasteiger charge is -2.27. The Morgan fingerprint density at radius 2 is 2.14 bits per heavy atom. The SMILES string of the molecule is C[C@H]1CN2C(=N[C@@H](c3ccccn3)[C@@H]2c2cccc(O)c2)S1. The molecule has 0 radical (unpaired) electrons. The van der Waals surface area contributed by atoms with E-state index in [1.807, 2.05) is 48.3 Å². The van der Waals surface area contributed by atoms with Crippen molar-refractivity contribution in [2.24, 2.45) is 4.99 Å². The first-order chi connectivity index (χ1) is 10.7. The summed E-state index contributed by atoms with van der Waals surface area (Å²) in [5.74, 6) is 0.297. The van der Waals surface area contributed by atoms with Gasteiger partial charge in [-0.25, -0.2) is 0 Å². The van der Waals surface area contributed by atoms with Crippen molar-refractivity contribution in [2.75, 3.05) is 6.54 Å². The minimum absolute atomic E-state index is 0.0157. The molecule has 3 atom stereocenters. The molecule has 0 bridgehead atoms. The van der Waals surface area contributed by atoms with E-state index in [9.17, 15) is 5.11 Å². The van der Waals surface area contributed by atoms with E-state index >= 15 is 0 Å². The Morgan fingerprint density at radius 1 is 1.23 bits per heavy atom. The summed E-state index contributed by atoms with van der Waals surface area (Å²) in [5.41, 5.74) is 2.06. The molecule has 3 heterocycles. The number of aromatic nitrogens is 1. The number of phenolic OH excluding ortho intramolecular Hbond substituents is 1. The lowest BCUT2D eigenvalue weighted by molar-refractivity contribution is 0.320. The van der Waals surface area contributed by atoms with E-state index in [-0.39, 0.29) is 12.1 Å². The van der Waals surface area contributed by atoms with Gasteiger partial charge in [0.25, 0.3) is 0 Å². The van der Waals surface area contributed by atoms with Gasteiger partial charge >= 0.3 is 0 Å². The van der Waals surface area contributed by atoms with Crippen LogP contribution in [-0.4, -0.2) is 32.0 Å². The fraction of sp³-hybridized carbons (Fsp3) is 0.294. The Labute approximate surface area is 133 Å². The minimum Gasteiger partial charge on any atom is -0.508 e. The third-order valence-electron chi connectivity index (χ3n) is 4.09. The van der Waals surface area contributed by atoms with E-state index in [0.29, 0.717) is 11.0 Å². The molecule has 112 valence electrons. The Morgan fingerprint density at radius 3 is 2.91 bits per heavy atom. The summed E-state index contributed by atoms with van der Waals surface area (Å²) in [5, 5.41) is 11.5. The highest BCUT2D eigenvalue weighted by atomic mass is 32.2. The zero-order valence-corrected chi connectivity index (χ0v) is 13.1. The molecule has 2 aliphatic rings. The van der Waals surface area contributed by atoms with Crippen LogP contribution in [0.5, 0.6) is 5.75 Å². The van der Waals surface area contributed by atoms with Crippen molar-refractivity contribution in [1.82, 2.24) is 9.88 Å². The third kappa shape index (κ3) is 2.25. The van der Waals surface area contributed by atoms with Crippen molar-refractivity contribution >= 4 is 16.9 Å². The third-order valence-corrected chi connectivity index (χ3v) is 5.20. The number of phenols is 1. The Kier molecular flexibility index (Phi) is 3.30. The van der Waals surface area contributed by atoms with E-state index in [0.717, 1.165) is 23.0 Å². The van der Waals surface area contributed by atoms with Crippen molar-refractivity contribution < 1.29 is 5.11 Å². The van der Waals surface area contributed by atoms with Crippen LogP contribution in [0.25, 0.3) is 0 Å². The molecule has 22 heavy (non-hydrogen) atoms. The number of aliphatic imine (C=N–C) groups is 1. The summed E-state index contributed by atoms with van der Waals surface area (Å²) in [7, 11) is 0. The number of aromatic hydroxyl groups is 1. The van der Waals surface area contributed by atoms with Gasteiger partial charge in [-0.2, -0.15) is 0 Å². The molecule has 0 saturated carbocycles. The second-order valence-corrected chi connectivity index (χ2v) is 7.14. The predicted molar refractivity (Wildman–Crippen MR) is 89.0 cm³/mol. The summed E-state index contributed by atoms with van der Waals surface area (Å²) in [6, 6.07) is 13.5. The maximum Gasteiger partial charge on any atom is 0.160 e. The summed E-state index contributed by atoms with van der Waals surface area (Å²) < 4.78 is 0. The molecule has 1 aromatic heterocycles. The van der Waals surface area contributed by atoms with E-state index in [4.69, 9.17) is 4.99 Å². The second kappa shape index (κ2) is 5.32. The monoisotopic (exact) mass is 311 g/mol. The molecule has 4 nitrogen and oxygen atoms in total. The second-order valence-electron chi connectivity index (χ2n) is 5.73. The van der Waals surface area contributed by atoms with Gasteiger partial charge in [-0.15, -0.1) is 0 Å². The highest BCUT2D eigenvalue weighted by Crippen LogP contribution is 2.47. The zero-order valence-electron chi connectivity index (χ0n) is 12.3. The van der Waals surface area contributed by atoms with Gasteiger partial charge in [0.2, 0.25) is 0 Å². The summed E-state index contributed by atoms with van der Waals surface area (Å²) >= 11 is 1.82. The van der Waals surface area contributed by atoms with Crippen molar-refractivity contribution in [3.05, 3.63) is 59.9 Å². The molecule has 0 spiro atoms. The highest BCUT2D eigenvalue weighted by Gasteiger charge is 2.43. The fourth-order valence-corrected chi connectivity index (χ4v) is 4.28. The van der Waals surface area contributed by atoms with Crippen LogP contribution >= 0.6 is 11.8 Å². The first kappa shape index (κ1) is 13.6. The normalized spacial score (nSPS) is 26.9. The number of hydrogen-bond donors (Lipinski definition) is 1. The van der Waals surface area contributed by atoms with Crippen molar-refractivity contribution in [1.29, 1.82) is 0 Å². The topological polar surface area (TPSA) is 48.7 Å². The number of nitrogens with zero attached hydrogens (tertiary/aromatic N) is 3. The number of benzene rings is 1. The van der Waals surface area contributed by atoms with Crippen LogP contribution in [0, 0.1) is 0 Å². The molecule has 0 aliphatic carbocycles. The molecule has 2 aromatic rings. The lowest BCUT2D eigenvalue weighted by Crippen LogP contribution is -2.28. The van der Waals surface area contributed by atoms with Gasteiger partial charge in [-0.3, -0.25) is 9.98 Å². The van der Waals surface area contributed by atoms with E-state index in [1.165, 1.54) is 0 Å². The van der Waals surface area contributed by atoms with Crippen LogP contribution in [0.3, 0.4) is 0 Å². The molecule has 4 rings (SSSR count). The molecule has 0 unspecified atom stereocenters. The molecular formula is C17H17N3OS. The van der Waals surface area contributed by atoms with Gasteiger partial charge < -0.3 is 10.0 Å². The fourth-order valence-electron chi connectivity index (χ4n) is 3.19. The molecule has 1 aromatic carbocycles. The Hall–Kier alpha value is -2.01. The predicted octanol–water partition coefficient (Wildman–Crippen LogP) is 3.38. The van der Waals surface area contributed by atoms with Crippen molar-refractivity contribution in [2.45, 2.75) is 24.3 Å². The lowest BCUT2D eigenvalue weighted by atomic mass is 9.96. The number of hydrogen-bond acceptors (Lipinski definition) is 5. The van der Waals surface area contributed by atoms with Gasteiger partial charge in [0, 0.05) is 18.0 Å². The number of thioether (sulfide) groups is 1. The molecule has 0 amide bonds. The van der Waals surface area contributed by atoms with E-state index in [2.05, 4.69) is 22.9 Å². The molecule has 1 N–H and O–H groups in total. The molecule has 1 fully saturated rings. The van der Waals surface area contributed by atoms with E-state index in [1.54, 1.807) is 6.07 Å². The van der Waals surface area contributed by atoms with Gasteiger partial charge in [-0.1, -0.05) is 36.9 Å². The Balaban J connectivity index is 1.78. The number of amidine groups is 1. The maximum absolute atomic E-state index is 9.85. The van der Waals surface area contributed by atoms with Crippen LogP contribution < -0.4 is 0 Å². The van der Waals surface area contributed by atoms with E-state index < -0.39 is 0 Å². The average molecular weight is 311 g/mol. The van der Waals surface area contributed by atoms with Crippen LogP contribution in [0.4, 0.5) is 0 Å². The van der Waals surface area contributed by atoms with Crippen molar-refractivity contribution in [3.8, 4) is 5.75 Å². The maximum atomic E-state index is 9.85. The van der Waals surface area contributed by atoms with Gasteiger partial charge in [0.15, 0.2) is 5.17 Å². The van der Waals surface area contributed by atoms with Gasteiger partial charge in [0.1, 0.15) is 11.8 Å². The van der Waals surface area contributed by atoms with Gasteiger partial charge in [0.05, 0.1) is 11.7 Å². The van der Waals surface area contributed by atoms with Crippen LogP contribution in [0.2, 0.25) is 0 Å². The van der Waals surface area contributed by atoms with Crippen LogP contribution in [-0.2, 0) is 0 Å². The average Bonchev–Trinajstić information content (AvgIpc) is 3.04. The molecular weight excluding hydrogens is 294 g/mol. The zero-order chi connectivity index (χ0) is 15.1. The van der Waals surface area contributed by atoms with Gasteiger partial charge in [-0.05, 0) is 29.8 Å². The van der Waals surface area contributed by atoms with Crippen LogP contribution in [0.1, 0.15) is 30.3 Å². The molecule has 5 heteroatoms. The molecule has 1 saturated heterocycles. The summed E-state index contributed by atoms with van der Waals surface area (Å²) in [6.07, 6.45) is 1.81. The number of pyridine rings is 1. The minimum atomic E-state index is -0.0157. The smallest absolute Gasteiger partial charge is 0.160 e. The Bertz CT molecular complexity index is 719. The first-order valence-electron chi connectivity index (χ1n) is 7.43.